The van der Waals surface area contributed by atoms with Gasteiger partial charge in [-0.1, -0.05) is 0 Å². The second-order valence-corrected chi connectivity index (χ2v) is 8.18. The Hall–Kier alpha value is -3.18. The Bertz CT molecular complexity index is 1210. The Kier molecular flexibility index (Phi) is 6.14. The van der Waals surface area contributed by atoms with Crippen LogP contribution in [-0.2, 0) is 13.1 Å². The Morgan fingerprint density at radius 3 is 2.91 bits per heavy atom. The SMILES string of the molecule is O=c1ccc2ncc(F)cc2n1CCN1CCC(NCc2cc3c(nn2)OCCO3)C(F)C1. The fourth-order valence-electron chi connectivity index (χ4n) is 4.23. The zero-order chi connectivity index (χ0) is 22.8. The molecule has 3 aromatic heterocycles. The lowest BCUT2D eigenvalue weighted by molar-refractivity contribution is 0.100. The monoisotopic (exact) mass is 458 g/mol. The van der Waals surface area contributed by atoms with E-state index in [4.69, 9.17) is 9.47 Å². The van der Waals surface area contributed by atoms with Gasteiger partial charge < -0.3 is 19.4 Å². The summed E-state index contributed by atoms with van der Waals surface area (Å²) in [6.45, 7) is 3.03. The molecule has 2 aliphatic heterocycles. The van der Waals surface area contributed by atoms with E-state index >= 15 is 0 Å². The van der Waals surface area contributed by atoms with Crippen molar-refractivity contribution in [1.82, 2.24) is 30.0 Å². The van der Waals surface area contributed by atoms with E-state index in [2.05, 4.69) is 20.5 Å². The summed E-state index contributed by atoms with van der Waals surface area (Å²) >= 11 is 0. The fourth-order valence-corrected chi connectivity index (χ4v) is 4.23. The molecule has 0 amide bonds. The number of alkyl halides is 1. The van der Waals surface area contributed by atoms with Gasteiger partial charge in [0.15, 0.2) is 5.75 Å². The van der Waals surface area contributed by atoms with Crippen molar-refractivity contribution in [1.29, 1.82) is 0 Å². The third kappa shape index (κ3) is 4.79. The fraction of sp³-hybridized carbons (Fsp3) is 0.455. The maximum Gasteiger partial charge on any atom is 0.276 e. The van der Waals surface area contributed by atoms with Crippen LogP contribution in [0.3, 0.4) is 0 Å². The van der Waals surface area contributed by atoms with Crippen LogP contribution in [0, 0.1) is 5.82 Å². The largest absolute Gasteiger partial charge is 0.484 e. The summed E-state index contributed by atoms with van der Waals surface area (Å²) in [4.78, 5) is 18.3. The van der Waals surface area contributed by atoms with Crippen LogP contribution < -0.4 is 20.3 Å². The average molecular weight is 458 g/mol. The molecule has 0 saturated carbocycles. The maximum atomic E-state index is 14.9. The summed E-state index contributed by atoms with van der Waals surface area (Å²) in [5.41, 5.74) is 1.41. The summed E-state index contributed by atoms with van der Waals surface area (Å²) in [5, 5.41) is 11.3. The maximum absolute atomic E-state index is 14.9. The van der Waals surface area contributed by atoms with Gasteiger partial charge in [-0.05, 0) is 19.0 Å². The van der Waals surface area contributed by atoms with Crippen LogP contribution in [0.5, 0.6) is 11.6 Å². The van der Waals surface area contributed by atoms with Crippen LogP contribution in [0.4, 0.5) is 8.78 Å². The lowest BCUT2D eigenvalue weighted by Crippen LogP contribution is -2.51. The summed E-state index contributed by atoms with van der Waals surface area (Å²) in [6, 6.07) is 5.75. The summed E-state index contributed by atoms with van der Waals surface area (Å²) in [6.07, 6.45) is 0.658. The predicted octanol–water partition coefficient (Wildman–Crippen LogP) is 1.30. The molecule has 0 aromatic carbocycles. The number of likely N-dealkylation sites (tertiary alicyclic amines) is 1. The van der Waals surface area contributed by atoms with Gasteiger partial charge in [0.25, 0.3) is 11.4 Å². The van der Waals surface area contributed by atoms with Crippen molar-refractivity contribution in [2.45, 2.75) is 31.7 Å². The molecular weight excluding hydrogens is 434 g/mol. The Balaban J connectivity index is 1.16. The third-order valence-corrected chi connectivity index (χ3v) is 5.97. The number of hydrogen-bond acceptors (Lipinski definition) is 8. The minimum Gasteiger partial charge on any atom is -0.484 e. The van der Waals surface area contributed by atoms with E-state index in [1.165, 1.54) is 16.7 Å². The molecule has 0 radical (unpaired) electrons. The van der Waals surface area contributed by atoms with Gasteiger partial charge in [-0.15, -0.1) is 5.10 Å². The topological polar surface area (TPSA) is 94.4 Å². The molecule has 2 aliphatic rings. The number of nitrogens with zero attached hydrogens (tertiary/aromatic N) is 5. The van der Waals surface area contributed by atoms with E-state index in [-0.39, 0.29) is 18.1 Å². The number of rotatable bonds is 6. The van der Waals surface area contributed by atoms with Crippen molar-refractivity contribution in [3.63, 3.8) is 0 Å². The van der Waals surface area contributed by atoms with Crippen molar-refractivity contribution in [2.24, 2.45) is 0 Å². The summed E-state index contributed by atoms with van der Waals surface area (Å²) in [5.74, 6) is 0.434. The predicted molar refractivity (Wildman–Crippen MR) is 116 cm³/mol. The number of halogens is 2. The van der Waals surface area contributed by atoms with Gasteiger partial charge >= 0.3 is 0 Å². The lowest BCUT2D eigenvalue weighted by atomic mass is 10.0. The van der Waals surface area contributed by atoms with Crippen molar-refractivity contribution >= 4 is 11.0 Å². The number of piperidine rings is 1. The van der Waals surface area contributed by atoms with Crippen LogP contribution in [-0.4, -0.2) is 69.7 Å². The van der Waals surface area contributed by atoms with Gasteiger partial charge in [0, 0.05) is 50.4 Å². The third-order valence-electron chi connectivity index (χ3n) is 5.97. The molecule has 0 bridgehead atoms. The highest BCUT2D eigenvalue weighted by Crippen LogP contribution is 2.27. The molecule has 1 N–H and O–H groups in total. The van der Waals surface area contributed by atoms with E-state index in [1.54, 1.807) is 12.1 Å². The standard InChI is InChI=1S/C22H24F2N6O3/c23-14-9-19-18(25-11-14)1-2-21(31)30(19)6-5-29-4-3-17(16(24)13-29)26-12-15-10-20-22(28-27-15)33-8-7-32-20/h1-2,9-11,16-17,26H,3-8,12-13H2. The number of fused-ring (bicyclic) bond motifs is 2. The van der Waals surface area contributed by atoms with Gasteiger partial charge in [-0.3, -0.25) is 14.7 Å². The van der Waals surface area contributed by atoms with E-state index in [0.29, 0.717) is 74.2 Å². The van der Waals surface area contributed by atoms with Gasteiger partial charge in [0.2, 0.25) is 0 Å². The highest BCUT2D eigenvalue weighted by molar-refractivity contribution is 5.74. The lowest BCUT2D eigenvalue weighted by Gasteiger charge is -2.35. The first kappa shape index (κ1) is 21.7. The smallest absolute Gasteiger partial charge is 0.276 e. The quantitative estimate of drug-likeness (QED) is 0.591. The van der Waals surface area contributed by atoms with Crippen LogP contribution in [0.1, 0.15) is 12.1 Å². The van der Waals surface area contributed by atoms with Gasteiger partial charge in [-0.2, -0.15) is 5.10 Å². The molecule has 5 rings (SSSR count). The number of nitrogens with one attached hydrogen (secondary N) is 1. The molecule has 2 atom stereocenters. The summed E-state index contributed by atoms with van der Waals surface area (Å²) in [7, 11) is 0. The van der Waals surface area contributed by atoms with Crippen LogP contribution in [0.15, 0.2) is 35.3 Å². The Labute approximate surface area is 188 Å². The molecule has 1 saturated heterocycles. The van der Waals surface area contributed by atoms with E-state index in [0.717, 1.165) is 6.20 Å². The molecule has 1 fully saturated rings. The second kappa shape index (κ2) is 9.36. The number of ether oxygens (including phenoxy) is 2. The zero-order valence-corrected chi connectivity index (χ0v) is 17.9. The minimum absolute atomic E-state index is 0.233. The summed E-state index contributed by atoms with van der Waals surface area (Å²) < 4.78 is 40.9. The highest BCUT2D eigenvalue weighted by atomic mass is 19.1. The first-order chi connectivity index (χ1) is 16.1. The van der Waals surface area contributed by atoms with Crippen molar-refractivity contribution in [3.8, 4) is 11.6 Å². The number of hydrogen-bond donors (Lipinski definition) is 1. The average Bonchev–Trinajstić information content (AvgIpc) is 2.82. The van der Waals surface area contributed by atoms with Crippen LogP contribution >= 0.6 is 0 Å². The Morgan fingerprint density at radius 2 is 2.03 bits per heavy atom. The second-order valence-electron chi connectivity index (χ2n) is 8.18. The van der Waals surface area contributed by atoms with Gasteiger partial charge in [-0.25, -0.2) is 8.78 Å². The molecule has 174 valence electrons. The first-order valence-electron chi connectivity index (χ1n) is 10.9. The van der Waals surface area contributed by atoms with E-state index in [1.807, 2.05) is 4.90 Å². The molecule has 3 aromatic rings. The highest BCUT2D eigenvalue weighted by Gasteiger charge is 2.29. The first-order valence-corrected chi connectivity index (χ1v) is 10.9. The van der Waals surface area contributed by atoms with Crippen molar-refractivity contribution in [2.75, 3.05) is 32.8 Å². The molecule has 0 spiro atoms. The number of pyridine rings is 2. The molecule has 0 aliphatic carbocycles. The molecule has 11 heteroatoms. The molecule has 2 unspecified atom stereocenters. The van der Waals surface area contributed by atoms with Gasteiger partial charge in [0.1, 0.15) is 25.2 Å². The van der Waals surface area contributed by atoms with Crippen molar-refractivity contribution in [3.05, 3.63) is 52.3 Å². The van der Waals surface area contributed by atoms with E-state index in [9.17, 15) is 13.6 Å². The van der Waals surface area contributed by atoms with Crippen LogP contribution in [0.2, 0.25) is 0 Å². The molecule has 5 heterocycles. The Morgan fingerprint density at radius 1 is 1.15 bits per heavy atom. The van der Waals surface area contributed by atoms with Crippen molar-refractivity contribution < 1.29 is 18.3 Å². The normalized spacial score (nSPS) is 20.8. The van der Waals surface area contributed by atoms with Gasteiger partial charge in [0.05, 0.1) is 22.9 Å². The number of aromatic nitrogens is 4. The molecular formula is C22H24F2N6O3. The molecule has 33 heavy (non-hydrogen) atoms. The zero-order valence-electron chi connectivity index (χ0n) is 17.9. The van der Waals surface area contributed by atoms with E-state index < -0.39 is 12.0 Å². The molecule has 9 nitrogen and oxygen atoms in total. The van der Waals surface area contributed by atoms with Crippen LogP contribution in [0.25, 0.3) is 11.0 Å². The minimum atomic E-state index is -1.08.